The minimum atomic E-state index is -0.138. The maximum Gasteiger partial charge on any atom is 0.280 e. The van der Waals surface area contributed by atoms with Crippen molar-refractivity contribution in [3.8, 4) is 5.75 Å². The number of aryl methyl sites for hydroxylation is 1. The van der Waals surface area contributed by atoms with Gasteiger partial charge < -0.3 is 29.7 Å². The Morgan fingerprint density at radius 3 is 2.50 bits per heavy atom. The number of carbonyl (C=O) groups is 1. The van der Waals surface area contributed by atoms with Crippen LogP contribution in [0.4, 0.5) is 34.0 Å². The molecular formula is C24H31N9O2S. The van der Waals surface area contributed by atoms with Crippen molar-refractivity contribution < 1.29 is 9.53 Å². The molecule has 0 aromatic carbocycles. The molecule has 5 heterocycles. The van der Waals surface area contributed by atoms with Crippen LogP contribution in [0.15, 0.2) is 18.5 Å². The Hall–Kier alpha value is -3.51. The number of carbonyl (C=O) groups excluding carboxylic acids is 1. The van der Waals surface area contributed by atoms with Gasteiger partial charge in [0, 0.05) is 45.3 Å². The summed E-state index contributed by atoms with van der Waals surface area (Å²) in [7, 11) is 3.76. The third-order valence-electron chi connectivity index (χ3n) is 6.49. The number of hydrogen-bond acceptors (Lipinski definition) is 11. The fourth-order valence-electron chi connectivity index (χ4n) is 4.52. The number of aromatic nitrogens is 4. The molecule has 0 radical (unpaired) electrons. The third kappa shape index (κ3) is 4.30. The van der Waals surface area contributed by atoms with Crippen molar-refractivity contribution in [2.24, 2.45) is 0 Å². The number of hydrogen-bond donors (Lipinski definition) is 1. The summed E-state index contributed by atoms with van der Waals surface area (Å²) in [6, 6.07) is 1.99. The number of anilines is 6. The van der Waals surface area contributed by atoms with Crippen molar-refractivity contribution in [2.45, 2.75) is 20.8 Å². The van der Waals surface area contributed by atoms with E-state index >= 15 is 0 Å². The molecule has 0 saturated carbocycles. The lowest BCUT2D eigenvalue weighted by atomic mass is 10.2. The van der Waals surface area contributed by atoms with Gasteiger partial charge in [-0.05, 0) is 27.8 Å². The second-order valence-electron chi connectivity index (χ2n) is 8.74. The Labute approximate surface area is 214 Å². The molecule has 0 unspecified atom stereocenters. The summed E-state index contributed by atoms with van der Waals surface area (Å²) in [6.07, 6.45) is 3.53. The summed E-state index contributed by atoms with van der Waals surface area (Å²) in [5, 5.41) is 4.86. The summed E-state index contributed by atoms with van der Waals surface area (Å²) in [5.74, 6) is 2.04. The predicted octanol–water partition coefficient (Wildman–Crippen LogP) is 3.28. The summed E-state index contributed by atoms with van der Waals surface area (Å²) >= 11 is 1.49. The van der Waals surface area contributed by atoms with Gasteiger partial charge in [-0.25, -0.2) is 15.0 Å². The van der Waals surface area contributed by atoms with Gasteiger partial charge in [0.05, 0.1) is 30.2 Å². The predicted molar refractivity (Wildman–Crippen MR) is 143 cm³/mol. The van der Waals surface area contributed by atoms with Crippen LogP contribution in [0.5, 0.6) is 5.75 Å². The Morgan fingerprint density at radius 1 is 1.06 bits per heavy atom. The van der Waals surface area contributed by atoms with Crippen LogP contribution in [0.2, 0.25) is 0 Å². The third-order valence-corrected chi connectivity index (χ3v) is 7.49. The van der Waals surface area contributed by atoms with E-state index in [2.05, 4.69) is 37.1 Å². The zero-order valence-electron chi connectivity index (χ0n) is 21.3. The Bertz CT molecular complexity index is 1270. The largest absolute Gasteiger partial charge is 0.493 e. The molecule has 0 spiro atoms. The lowest BCUT2D eigenvalue weighted by Crippen LogP contribution is -2.44. The first kappa shape index (κ1) is 24.2. The van der Waals surface area contributed by atoms with Gasteiger partial charge in [-0.1, -0.05) is 0 Å². The van der Waals surface area contributed by atoms with Crippen molar-refractivity contribution in [3.63, 3.8) is 0 Å². The second kappa shape index (κ2) is 9.86. The SMILES string of the molecule is CCN1C(=O)c2nc(C)sc2N(CC)c2nc(Nc3ncc(N4CCN(C)CC4)cc3OC)ncc21. The number of rotatable bonds is 6. The highest BCUT2D eigenvalue weighted by atomic mass is 32.1. The average molecular weight is 510 g/mol. The molecule has 0 atom stereocenters. The molecule has 5 rings (SSSR count). The van der Waals surface area contributed by atoms with Crippen LogP contribution < -0.4 is 24.8 Å². The van der Waals surface area contributed by atoms with E-state index in [1.807, 2.05) is 37.9 Å². The first-order valence-electron chi connectivity index (χ1n) is 12.1. The maximum atomic E-state index is 13.3. The van der Waals surface area contributed by atoms with Gasteiger partial charge in [0.25, 0.3) is 5.91 Å². The topological polar surface area (TPSA) is 103 Å². The van der Waals surface area contributed by atoms with Gasteiger partial charge in [0.1, 0.15) is 10.7 Å². The molecule has 3 aromatic rings. The molecule has 1 saturated heterocycles. The van der Waals surface area contributed by atoms with Gasteiger partial charge in [0.15, 0.2) is 23.1 Å². The quantitative estimate of drug-likeness (QED) is 0.532. The van der Waals surface area contributed by atoms with E-state index in [9.17, 15) is 4.79 Å². The first-order chi connectivity index (χ1) is 17.4. The molecule has 3 aromatic heterocycles. The van der Waals surface area contributed by atoms with Gasteiger partial charge >= 0.3 is 0 Å². The molecule has 2 aliphatic heterocycles. The van der Waals surface area contributed by atoms with E-state index in [0.717, 1.165) is 41.9 Å². The van der Waals surface area contributed by atoms with E-state index in [1.165, 1.54) is 11.3 Å². The fourth-order valence-corrected chi connectivity index (χ4v) is 5.49. The van der Waals surface area contributed by atoms with E-state index < -0.39 is 0 Å². The lowest BCUT2D eigenvalue weighted by Gasteiger charge is -2.34. The second-order valence-corrected chi connectivity index (χ2v) is 9.92. The molecule has 2 aliphatic rings. The Balaban J connectivity index is 1.48. The van der Waals surface area contributed by atoms with Crippen molar-refractivity contribution in [1.29, 1.82) is 0 Å². The number of methoxy groups -OCH3 is 1. The average Bonchev–Trinajstić information content (AvgIpc) is 3.24. The Morgan fingerprint density at radius 2 is 1.81 bits per heavy atom. The normalized spacial score (nSPS) is 16.0. The monoisotopic (exact) mass is 509 g/mol. The molecule has 11 nitrogen and oxygen atoms in total. The van der Waals surface area contributed by atoms with Crippen LogP contribution in [0.3, 0.4) is 0 Å². The molecule has 1 amide bonds. The van der Waals surface area contributed by atoms with Gasteiger partial charge in [-0.2, -0.15) is 4.98 Å². The number of nitrogens with zero attached hydrogens (tertiary/aromatic N) is 8. The van der Waals surface area contributed by atoms with E-state index in [0.29, 0.717) is 47.8 Å². The van der Waals surface area contributed by atoms with Crippen LogP contribution in [0.25, 0.3) is 0 Å². The van der Waals surface area contributed by atoms with Crippen LogP contribution in [0, 0.1) is 6.92 Å². The highest BCUT2D eigenvalue weighted by molar-refractivity contribution is 7.16. The summed E-state index contributed by atoms with van der Waals surface area (Å²) in [5.41, 5.74) is 2.13. The number of amides is 1. The number of piperazine rings is 1. The molecule has 12 heteroatoms. The zero-order chi connectivity index (χ0) is 25.4. The summed E-state index contributed by atoms with van der Waals surface area (Å²) in [6.45, 7) is 10.9. The van der Waals surface area contributed by atoms with Crippen molar-refractivity contribution in [3.05, 3.63) is 29.2 Å². The van der Waals surface area contributed by atoms with Crippen LogP contribution in [-0.2, 0) is 0 Å². The van der Waals surface area contributed by atoms with Crippen molar-refractivity contribution in [1.82, 2.24) is 24.8 Å². The van der Waals surface area contributed by atoms with E-state index in [-0.39, 0.29) is 5.91 Å². The lowest BCUT2D eigenvalue weighted by molar-refractivity contribution is 0.0985. The molecule has 0 aliphatic carbocycles. The standard InChI is InChI=1S/C24H31N9O2S/c1-6-32-17-14-26-24(29-21(17)33(7-2)23-19(22(32)34)27-15(3)36-23)28-20-18(35-5)12-16(13-25-20)31-10-8-30(4)9-11-31/h12-14H,6-11H2,1-5H3,(H,25,26,28,29). The number of nitrogens with one attached hydrogen (secondary N) is 1. The number of fused-ring (bicyclic) bond motifs is 2. The molecule has 190 valence electrons. The zero-order valence-corrected chi connectivity index (χ0v) is 22.1. The smallest absolute Gasteiger partial charge is 0.280 e. The number of pyridine rings is 1. The number of ether oxygens (including phenoxy) is 1. The summed E-state index contributed by atoms with van der Waals surface area (Å²) in [4.78, 5) is 40.1. The molecule has 1 N–H and O–H groups in total. The molecule has 36 heavy (non-hydrogen) atoms. The van der Waals surface area contributed by atoms with Crippen LogP contribution in [0.1, 0.15) is 29.3 Å². The van der Waals surface area contributed by atoms with E-state index in [4.69, 9.17) is 9.72 Å². The van der Waals surface area contributed by atoms with Crippen molar-refractivity contribution >= 4 is 51.2 Å². The minimum absolute atomic E-state index is 0.138. The Kier molecular flexibility index (Phi) is 6.63. The van der Waals surface area contributed by atoms with Gasteiger partial charge in [-0.3, -0.25) is 4.79 Å². The van der Waals surface area contributed by atoms with Gasteiger partial charge in [0.2, 0.25) is 5.95 Å². The highest BCUT2D eigenvalue weighted by Gasteiger charge is 2.34. The number of thiazole rings is 1. The van der Waals surface area contributed by atoms with E-state index in [1.54, 1.807) is 18.2 Å². The fraction of sp³-hybridized carbons (Fsp3) is 0.458. The van der Waals surface area contributed by atoms with Crippen LogP contribution >= 0.6 is 11.3 Å². The summed E-state index contributed by atoms with van der Waals surface area (Å²) < 4.78 is 5.66. The highest BCUT2D eigenvalue weighted by Crippen LogP contribution is 2.42. The molecule has 0 bridgehead atoms. The maximum absolute atomic E-state index is 13.3. The molecular weight excluding hydrogens is 478 g/mol. The van der Waals surface area contributed by atoms with Crippen LogP contribution in [-0.4, -0.2) is 84.2 Å². The first-order valence-corrected chi connectivity index (χ1v) is 12.9. The molecule has 1 fully saturated rings. The van der Waals surface area contributed by atoms with Crippen molar-refractivity contribution in [2.75, 3.05) is 73.4 Å². The van der Waals surface area contributed by atoms with Gasteiger partial charge in [-0.15, -0.1) is 11.3 Å². The number of likely N-dealkylation sites (N-methyl/N-ethyl adjacent to an activating group) is 1. The minimum Gasteiger partial charge on any atom is -0.493 e.